The molecular weight excluding hydrogens is 212 g/mol. The molecule has 0 aromatic carbocycles. The van der Waals surface area contributed by atoms with E-state index < -0.39 is 5.69 Å². The molecule has 0 radical (unpaired) electrons. The van der Waals surface area contributed by atoms with E-state index in [-0.39, 0.29) is 25.3 Å². The highest BCUT2D eigenvalue weighted by Gasteiger charge is 2.04. The monoisotopic (exact) mass is 228 g/mol. The van der Waals surface area contributed by atoms with Crippen LogP contribution < -0.4 is 11.2 Å². The zero-order valence-electron chi connectivity index (χ0n) is 9.00. The van der Waals surface area contributed by atoms with Crippen LogP contribution in [0.25, 0.3) is 0 Å². The van der Waals surface area contributed by atoms with Gasteiger partial charge < -0.3 is 14.8 Å². The quantitative estimate of drug-likeness (QED) is 0.639. The molecule has 1 heterocycles. The fourth-order valence-electron chi connectivity index (χ4n) is 1.40. The molecule has 0 saturated heterocycles. The van der Waals surface area contributed by atoms with Gasteiger partial charge in [-0.05, 0) is 12.8 Å². The molecule has 0 bridgehead atoms. The van der Waals surface area contributed by atoms with Crippen molar-refractivity contribution in [1.29, 1.82) is 0 Å². The Hall–Kier alpha value is -1.40. The van der Waals surface area contributed by atoms with Gasteiger partial charge in [0, 0.05) is 38.6 Å². The number of nitrogens with zero attached hydrogens (tertiary/aromatic N) is 2. The van der Waals surface area contributed by atoms with Crippen LogP contribution in [-0.2, 0) is 13.1 Å². The van der Waals surface area contributed by atoms with Crippen molar-refractivity contribution in [3.63, 3.8) is 0 Å². The first-order valence-electron chi connectivity index (χ1n) is 5.22. The second-order valence-corrected chi connectivity index (χ2v) is 3.44. The Balaban J connectivity index is 2.97. The number of hydrogen-bond acceptors (Lipinski definition) is 4. The highest BCUT2D eigenvalue weighted by atomic mass is 16.3. The third kappa shape index (κ3) is 3.04. The van der Waals surface area contributed by atoms with Gasteiger partial charge in [0.25, 0.3) is 5.56 Å². The predicted octanol–water partition coefficient (Wildman–Crippen LogP) is -1.23. The molecule has 0 unspecified atom stereocenters. The Morgan fingerprint density at radius 3 is 2.31 bits per heavy atom. The number of aryl methyl sites for hydroxylation is 1. The Labute approximate surface area is 92.4 Å². The topological polar surface area (TPSA) is 84.5 Å². The summed E-state index contributed by atoms with van der Waals surface area (Å²) in [4.78, 5) is 23.2. The average molecular weight is 228 g/mol. The first-order valence-corrected chi connectivity index (χ1v) is 5.22. The van der Waals surface area contributed by atoms with Crippen LogP contribution in [0.4, 0.5) is 0 Å². The minimum Gasteiger partial charge on any atom is -0.396 e. The first kappa shape index (κ1) is 12.7. The fraction of sp³-hybridized carbons (Fsp3) is 0.600. The Kier molecular flexibility index (Phi) is 4.94. The number of rotatable bonds is 6. The van der Waals surface area contributed by atoms with Crippen LogP contribution in [0.3, 0.4) is 0 Å². The van der Waals surface area contributed by atoms with E-state index in [0.717, 1.165) is 4.57 Å². The van der Waals surface area contributed by atoms with Crippen molar-refractivity contribution in [3.8, 4) is 0 Å². The van der Waals surface area contributed by atoms with Gasteiger partial charge >= 0.3 is 5.69 Å². The molecule has 16 heavy (non-hydrogen) atoms. The molecule has 1 rings (SSSR count). The molecule has 0 atom stereocenters. The molecular formula is C10H16N2O4. The van der Waals surface area contributed by atoms with Crippen LogP contribution in [0.1, 0.15) is 12.8 Å². The largest absolute Gasteiger partial charge is 0.396 e. The summed E-state index contributed by atoms with van der Waals surface area (Å²) in [5.74, 6) is 0. The van der Waals surface area contributed by atoms with Crippen molar-refractivity contribution >= 4 is 0 Å². The normalized spacial score (nSPS) is 10.6. The summed E-state index contributed by atoms with van der Waals surface area (Å²) < 4.78 is 2.47. The highest BCUT2D eigenvalue weighted by Crippen LogP contribution is 1.86. The fourth-order valence-corrected chi connectivity index (χ4v) is 1.40. The van der Waals surface area contributed by atoms with Crippen LogP contribution in [-0.4, -0.2) is 32.6 Å². The summed E-state index contributed by atoms with van der Waals surface area (Å²) in [6.07, 6.45) is 2.27. The van der Waals surface area contributed by atoms with Crippen molar-refractivity contribution in [2.75, 3.05) is 13.2 Å². The highest BCUT2D eigenvalue weighted by molar-refractivity contribution is 4.86. The first-order chi connectivity index (χ1) is 7.70. The summed E-state index contributed by atoms with van der Waals surface area (Å²) in [5, 5.41) is 17.3. The molecule has 0 fully saturated rings. The third-order valence-electron chi connectivity index (χ3n) is 2.24. The maximum atomic E-state index is 11.8. The molecule has 0 spiro atoms. The van der Waals surface area contributed by atoms with E-state index in [1.165, 1.54) is 16.8 Å². The summed E-state index contributed by atoms with van der Waals surface area (Å²) in [5.41, 5.74) is -0.756. The lowest BCUT2D eigenvalue weighted by molar-refractivity contribution is 0.273. The van der Waals surface area contributed by atoms with Gasteiger partial charge in [0.1, 0.15) is 0 Å². The van der Waals surface area contributed by atoms with Crippen LogP contribution in [0, 0.1) is 0 Å². The van der Waals surface area contributed by atoms with Gasteiger partial charge in [-0.25, -0.2) is 4.79 Å². The van der Waals surface area contributed by atoms with E-state index in [1.807, 2.05) is 0 Å². The van der Waals surface area contributed by atoms with Crippen molar-refractivity contribution in [3.05, 3.63) is 33.1 Å². The van der Waals surface area contributed by atoms with Gasteiger partial charge in [-0.3, -0.25) is 9.36 Å². The Morgan fingerprint density at radius 2 is 1.69 bits per heavy atom. The van der Waals surface area contributed by atoms with Crippen LogP contribution in [0.2, 0.25) is 0 Å². The van der Waals surface area contributed by atoms with Crippen LogP contribution in [0.5, 0.6) is 0 Å². The maximum Gasteiger partial charge on any atom is 0.330 e. The number of aromatic nitrogens is 2. The Bertz CT molecular complexity index is 435. The minimum absolute atomic E-state index is 0.00219. The minimum atomic E-state index is -0.394. The van der Waals surface area contributed by atoms with Crippen molar-refractivity contribution in [2.45, 2.75) is 25.9 Å². The summed E-state index contributed by atoms with van der Waals surface area (Å²) in [6, 6.07) is 1.32. The molecule has 2 N–H and O–H groups in total. The van der Waals surface area contributed by atoms with Gasteiger partial charge in [-0.1, -0.05) is 0 Å². The average Bonchev–Trinajstić information content (AvgIpc) is 2.28. The van der Waals surface area contributed by atoms with Gasteiger partial charge in [-0.15, -0.1) is 0 Å². The molecule has 6 heteroatoms. The van der Waals surface area contributed by atoms with Crippen LogP contribution in [0.15, 0.2) is 21.9 Å². The van der Waals surface area contributed by atoms with Crippen molar-refractivity contribution in [1.82, 2.24) is 9.13 Å². The molecule has 90 valence electrons. The third-order valence-corrected chi connectivity index (χ3v) is 2.24. The summed E-state index contributed by atoms with van der Waals surface area (Å²) >= 11 is 0. The molecule has 1 aromatic rings. The van der Waals surface area contributed by atoms with Crippen LogP contribution >= 0.6 is 0 Å². The smallest absolute Gasteiger partial charge is 0.330 e. The number of aliphatic hydroxyl groups excluding tert-OH is 2. The lowest BCUT2D eigenvalue weighted by Crippen LogP contribution is -2.39. The van der Waals surface area contributed by atoms with Crippen molar-refractivity contribution < 1.29 is 10.2 Å². The maximum absolute atomic E-state index is 11.8. The molecule has 0 aliphatic heterocycles. The van der Waals surface area contributed by atoms with Gasteiger partial charge in [0.15, 0.2) is 0 Å². The van der Waals surface area contributed by atoms with Crippen molar-refractivity contribution in [2.24, 2.45) is 0 Å². The number of hydrogen-bond donors (Lipinski definition) is 2. The van der Waals surface area contributed by atoms with E-state index in [1.54, 1.807) is 0 Å². The Morgan fingerprint density at radius 1 is 1.06 bits per heavy atom. The predicted molar refractivity (Wildman–Crippen MR) is 58.4 cm³/mol. The molecule has 1 aromatic heterocycles. The second-order valence-electron chi connectivity index (χ2n) is 3.44. The standard InChI is InChI=1S/C10H16N2O4/c13-7-1-4-11-6-3-9(15)12(10(11)16)5-2-8-14/h3,6,13-14H,1-2,4-5,7-8H2. The van der Waals surface area contributed by atoms with E-state index in [9.17, 15) is 9.59 Å². The van der Waals surface area contributed by atoms with E-state index in [4.69, 9.17) is 10.2 Å². The summed E-state index contributed by atoms with van der Waals surface area (Å²) in [7, 11) is 0. The molecule has 0 saturated carbocycles. The van der Waals surface area contributed by atoms with Gasteiger partial charge in [-0.2, -0.15) is 0 Å². The van der Waals surface area contributed by atoms with E-state index in [0.29, 0.717) is 19.4 Å². The second kappa shape index (κ2) is 6.24. The van der Waals surface area contributed by atoms with Gasteiger partial charge in [0.05, 0.1) is 0 Å². The zero-order valence-corrected chi connectivity index (χ0v) is 9.00. The van der Waals surface area contributed by atoms with Gasteiger partial charge in [0.2, 0.25) is 0 Å². The zero-order chi connectivity index (χ0) is 12.0. The lowest BCUT2D eigenvalue weighted by Gasteiger charge is -2.08. The summed E-state index contributed by atoms with van der Waals surface area (Å²) in [6.45, 7) is 0.544. The van der Waals surface area contributed by atoms with E-state index >= 15 is 0 Å². The van der Waals surface area contributed by atoms with E-state index in [2.05, 4.69) is 0 Å². The number of aliphatic hydroxyl groups is 2. The molecule has 0 amide bonds. The SMILES string of the molecule is O=c1ccn(CCCO)c(=O)n1CCCO. The molecule has 0 aliphatic rings. The molecule has 0 aliphatic carbocycles. The lowest BCUT2D eigenvalue weighted by atomic mass is 10.4. The molecule has 6 nitrogen and oxygen atoms in total.